The second-order valence-electron chi connectivity index (χ2n) is 7.88. The summed E-state index contributed by atoms with van der Waals surface area (Å²) in [7, 11) is 1.67. The number of rotatable bonds is 10. The van der Waals surface area contributed by atoms with Crippen LogP contribution in [0.25, 0.3) is 22.5 Å². The molecule has 1 aromatic heterocycles. The van der Waals surface area contributed by atoms with Crippen molar-refractivity contribution in [2.45, 2.75) is 24.7 Å². The highest BCUT2D eigenvalue weighted by molar-refractivity contribution is 7.99. The van der Waals surface area contributed by atoms with E-state index in [2.05, 4.69) is 51.9 Å². The minimum atomic E-state index is -0.0934. The van der Waals surface area contributed by atoms with Crippen LogP contribution in [0.1, 0.15) is 18.5 Å². The number of nitrogens with zero attached hydrogens (tertiary/aromatic N) is 3. The van der Waals surface area contributed by atoms with Gasteiger partial charge in [-0.3, -0.25) is 9.36 Å². The molecule has 1 N–H and O–H groups in total. The predicted octanol–water partition coefficient (Wildman–Crippen LogP) is 5.23. The van der Waals surface area contributed by atoms with E-state index in [1.54, 1.807) is 7.11 Å². The van der Waals surface area contributed by atoms with Crippen molar-refractivity contribution in [2.24, 2.45) is 0 Å². The van der Waals surface area contributed by atoms with Gasteiger partial charge in [-0.1, -0.05) is 96.7 Å². The van der Waals surface area contributed by atoms with Crippen LogP contribution >= 0.6 is 11.8 Å². The summed E-state index contributed by atoms with van der Waals surface area (Å²) in [6.45, 7) is 3.14. The van der Waals surface area contributed by atoms with Crippen LogP contribution < -0.4 is 5.32 Å². The van der Waals surface area contributed by atoms with Gasteiger partial charge in [-0.15, -0.1) is 10.2 Å². The van der Waals surface area contributed by atoms with Gasteiger partial charge in [-0.05, 0) is 23.6 Å². The van der Waals surface area contributed by atoms with Crippen LogP contribution in [0, 0.1) is 0 Å². The first-order valence-electron chi connectivity index (χ1n) is 11.2. The molecular weight excluding hydrogens is 444 g/mol. The lowest BCUT2D eigenvalue weighted by Crippen LogP contribution is -2.28. The Hall–Kier alpha value is -3.42. The number of aromatic nitrogens is 3. The van der Waals surface area contributed by atoms with Gasteiger partial charge >= 0.3 is 0 Å². The fourth-order valence-corrected chi connectivity index (χ4v) is 4.45. The standard InChI is InChI=1S/C27H28N4O2S/c1-20(21-13-15-23(16-14-21)22-9-5-3-6-10-22)28-25(32)19-34-27-30-29-26(31(27)17-18-33-2)24-11-7-4-8-12-24/h3-16,20H,17-19H2,1-2H3,(H,28,32)/t20-/m1/s1. The Morgan fingerprint density at radius 1 is 0.912 bits per heavy atom. The molecule has 4 aromatic rings. The van der Waals surface area contributed by atoms with Crippen molar-refractivity contribution in [3.8, 4) is 22.5 Å². The van der Waals surface area contributed by atoms with Gasteiger partial charge in [-0.25, -0.2) is 0 Å². The van der Waals surface area contributed by atoms with Crippen LogP contribution in [0.4, 0.5) is 0 Å². The quantitative estimate of drug-likeness (QED) is 0.320. The van der Waals surface area contributed by atoms with Crippen LogP contribution in [0.3, 0.4) is 0 Å². The van der Waals surface area contributed by atoms with Crippen molar-refractivity contribution < 1.29 is 9.53 Å². The number of ether oxygens (including phenoxy) is 1. The van der Waals surface area contributed by atoms with E-state index < -0.39 is 0 Å². The van der Waals surface area contributed by atoms with Gasteiger partial charge < -0.3 is 10.1 Å². The van der Waals surface area contributed by atoms with Crippen molar-refractivity contribution >= 4 is 17.7 Å². The molecule has 1 heterocycles. The summed E-state index contributed by atoms with van der Waals surface area (Å²) < 4.78 is 7.26. The summed E-state index contributed by atoms with van der Waals surface area (Å²) in [6, 6.07) is 28.4. The third-order valence-electron chi connectivity index (χ3n) is 5.50. The summed E-state index contributed by atoms with van der Waals surface area (Å²) in [5, 5.41) is 12.5. The van der Waals surface area contributed by atoms with Crippen LogP contribution in [0.5, 0.6) is 0 Å². The van der Waals surface area contributed by atoms with Crippen molar-refractivity contribution in [3.63, 3.8) is 0 Å². The number of hydrogen-bond acceptors (Lipinski definition) is 5. The fraction of sp³-hybridized carbons (Fsp3) is 0.222. The third kappa shape index (κ3) is 5.92. The topological polar surface area (TPSA) is 69.0 Å². The summed E-state index contributed by atoms with van der Waals surface area (Å²) in [5.74, 6) is 0.978. The zero-order chi connectivity index (χ0) is 23.8. The normalized spacial score (nSPS) is 11.8. The molecule has 6 nitrogen and oxygen atoms in total. The molecule has 0 radical (unpaired) electrons. The minimum Gasteiger partial charge on any atom is -0.383 e. The summed E-state index contributed by atoms with van der Waals surface area (Å²) in [5.41, 5.74) is 4.38. The summed E-state index contributed by atoms with van der Waals surface area (Å²) >= 11 is 1.38. The largest absolute Gasteiger partial charge is 0.383 e. The number of amides is 1. The Labute approximate surface area is 204 Å². The molecule has 3 aromatic carbocycles. The Morgan fingerprint density at radius 2 is 1.53 bits per heavy atom. The molecule has 174 valence electrons. The van der Waals surface area contributed by atoms with Crippen molar-refractivity contribution in [2.75, 3.05) is 19.5 Å². The maximum atomic E-state index is 12.7. The molecule has 0 aliphatic carbocycles. The summed E-state index contributed by atoms with van der Waals surface area (Å²) in [6.07, 6.45) is 0. The molecule has 0 fully saturated rings. The maximum Gasteiger partial charge on any atom is 0.230 e. The van der Waals surface area contributed by atoms with Crippen LogP contribution in [0.2, 0.25) is 0 Å². The van der Waals surface area contributed by atoms with Gasteiger partial charge in [0.05, 0.1) is 24.9 Å². The Bertz CT molecular complexity index is 1190. The number of carbonyl (C=O) groups is 1. The number of benzene rings is 3. The van der Waals surface area contributed by atoms with E-state index in [4.69, 9.17) is 4.74 Å². The molecule has 0 saturated carbocycles. The first kappa shape index (κ1) is 23.7. The second kappa shape index (κ2) is 11.6. The Balaban J connectivity index is 1.37. The van der Waals surface area contributed by atoms with Crippen molar-refractivity contribution in [3.05, 3.63) is 90.5 Å². The van der Waals surface area contributed by atoms with E-state index in [-0.39, 0.29) is 17.7 Å². The molecule has 0 saturated heterocycles. The fourth-order valence-electron chi connectivity index (χ4n) is 3.67. The Morgan fingerprint density at radius 3 is 2.18 bits per heavy atom. The summed E-state index contributed by atoms with van der Waals surface area (Å²) in [4.78, 5) is 12.7. The molecule has 4 rings (SSSR count). The number of carbonyl (C=O) groups excluding carboxylic acids is 1. The molecule has 0 aliphatic heterocycles. The first-order valence-corrected chi connectivity index (χ1v) is 12.2. The van der Waals surface area contributed by atoms with Gasteiger partial charge in [0, 0.05) is 12.7 Å². The zero-order valence-electron chi connectivity index (χ0n) is 19.3. The first-order chi connectivity index (χ1) is 16.7. The molecule has 0 aliphatic rings. The van der Waals surface area contributed by atoms with Gasteiger partial charge in [0.2, 0.25) is 5.91 Å². The van der Waals surface area contributed by atoms with E-state index >= 15 is 0 Å². The second-order valence-corrected chi connectivity index (χ2v) is 8.83. The SMILES string of the molecule is COCCn1c(SCC(=O)N[C@H](C)c2ccc(-c3ccccc3)cc2)nnc1-c1ccccc1. The minimum absolute atomic E-state index is 0.0489. The van der Waals surface area contributed by atoms with Crippen molar-refractivity contribution in [1.29, 1.82) is 0 Å². The average molecular weight is 473 g/mol. The highest BCUT2D eigenvalue weighted by atomic mass is 32.2. The van der Waals surface area contributed by atoms with Gasteiger partial charge in [0.1, 0.15) is 0 Å². The van der Waals surface area contributed by atoms with Crippen LogP contribution in [0.15, 0.2) is 90.1 Å². The lowest BCUT2D eigenvalue weighted by atomic mass is 10.0. The molecule has 34 heavy (non-hydrogen) atoms. The predicted molar refractivity (Wildman–Crippen MR) is 136 cm³/mol. The van der Waals surface area contributed by atoms with E-state index in [9.17, 15) is 4.79 Å². The molecule has 7 heteroatoms. The maximum absolute atomic E-state index is 12.7. The lowest BCUT2D eigenvalue weighted by molar-refractivity contribution is -0.119. The molecular formula is C27H28N4O2S. The monoisotopic (exact) mass is 472 g/mol. The van der Waals surface area contributed by atoms with E-state index in [1.807, 2.05) is 60.0 Å². The van der Waals surface area contributed by atoms with E-state index in [0.29, 0.717) is 18.3 Å². The third-order valence-corrected chi connectivity index (χ3v) is 6.46. The highest BCUT2D eigenvalue weighted by Crippen LogP contribution is 2.25. The zero-order valence-corrected chi connectivity index (χ0v) is 20.2. The number of methoxy groups -OCH3 is 1. The molecule has 0 spiro atoms. The Kier molecular flexibility index (Phi) is 8.12. The number of hydrogen-bond donors (Lipinski definition) is 1. The molecule has 1 atom stereocenters. The van der Waals surface area contributed by atoms with Crippen LogP contribution in [-0.4, -0.2) is 40.1 Å². The van der Waals surface area contributed by atoms with Gasteiger partial charge in [-0.2, -0.15) is 0 Å². The number of nitrogens with one attached hydrogen (secondary N) is 1. The lowest BCUT2D eigenvalue weighted by Gasteiger charge is -2.15. The molecule has 0 bridgehead atoms. The number of thioether (sulfide) groups is 1. The van der Waals surface area contributed by atoms with E-state index in [1.165, 1.54) is 17.3 Å². The van der Waals surface area contributed by atoms with Crippen LogP contribution in [-0.2, 0) is 16.1 Å². The smallest absolute Gasteiger partial charge is 0.230 e. The highest BCUT2D eigenvalue weighted by Gasteiger charge is 2.16. The van der Waals surface area contributed by atoms with Gasteiger partial charge in [0.15, 0.2) is 11.0 Å². The molecule has 0 unspecified atom stereocenters. The van der Waals surface area contributed by atoms with Crippen molar-refractivity contribution in [1.82, 2.24) is 20.1 Å². The van der Waals surface area contributed by atoms with Gasteiger partial charge in [0.25, 0.3) is 0 Å². The van der Waals surface area contributed by atoms with E-state index in [0.717, 1.165) is 22.5 Å². The average Bonchev–Trinajstić information content (AvgIpc) is 3.30. The molecule has 1 amide bonds.